The lowest BCUT2D eigenvalue weighted by Crippen LogP contribution is -2.06. The highest BCUT2D eigenvalue weighted by molar-refractivity contribution is 6.24. The van der Waals surface area contributed by atoms with Crippen molar-refractivity contribution in [3.63, 3.8) is 0 Å². The van der Waals surface area contributed by atoms with Crippen molar-refractivity contribution in [2.75, 3.05) is 0 Å². The second kappa shape index (κ2) is 4.14. The Morgan fingerprint density at radius 2 is 1.32 bits per heavy atom. The van der Waals surface area contributed by atoms with Crippen LogP contribution in [0, 0.1) is 0 Å². The second-order valence-electron chi connectivity index (χ2n) is 4.95. The van der Waals surface area contributed by atoms with E-state index in [4.69, 9.17) is 4.74 Å². The van der Waals surface area contributed by atoms with Gasteiger partial charge in [0.25, 0.3) is 0 Å². The molecule has 0 saturated heterocycles. The SMILES string of the molecule is C=C1OC(=O)c2c1cc(-c1ccccc1)c1c2C(=O)OC1=O. The van der Waals surface area contributed by atoms with Crippen molar-refractivity contribution in [2.45, 2.75) is 0 Å². The van der Waals surface area contributed by atoms with Crippen LogP contribution in [0.3, 0.4) is 0 Å². The number of fused-ring (bicyclic) bond motifs is 3. The topological polar surface area (TPSA) is 69.7 Å². The first-order valence-electron chi connectivity index (χ1n) is 6.52. The van der Waals surface area contributed by atoms with Crippen LogP contribution >= 0.6 is 0 Å². The summed E-state index contributed by atoms with van der Waals surface area (Å²) in [5.41, 5.74) is 1.78. The van der Waals surface area contributed by atoms with Crippen LogP contribution in [0.5, 0.6) is 0 Å². The third kappa shape index (κ3) is 1.50. The smallest absolute Gasteiger partial charge is 0.347 e. The van der Waals surface area contributed by atoms with E-state index < -0.39 is 17.9 Å². The molecule has 106 valence electrons. The van der Waals surface area contributed by atoms with Crippen molar-refractivity contribution in [3.05, 3.63) is 65.2 Å². The fraction of sp³-hybridized carbons (Fsp3) is 0. The number of carbonyl (C=O) groups is 3. The van der Waals surface area contributed by atoms with Crippen molar-refractivity contribution >= 4 is 23.7 Å². The molecule has 5 nitrogen and oxygen atoms in total. The van der Waals surface area contributed by atoms with E-state index in [1.54, 1.807) is 18.2 Å². The van der Waals surface area contributed by atoms with Crippen LogP contribution in [-0.2, 0) is 9.47 Å². The zero-order chi connectivity index (χ0) is 15.4. The van der Waals surface area contributed by atoms with E-state index in [1.165, 1.54) is 0 Å². The lowest BCUT2D eigenvalue weighted by atomic mass is 9.90. The van der Waals surface area contributed by atoms with Gasteiger partial charge in [0.2, 0.25) is 0 Å². The molecule has 2 aromatic carbocycles. The Hall–Kier alpha value is -3.21. The van der Waals surface area contributed by atoms with Crippen LogP contribution in [-0.4, -0.2) is 17.9 Å². The fourth-order valence-corrected chi connectivity index (χ4v) is 2.78. The van der Waals surface area contributed by atoms with E-state index in [1.807, 2.05) is 18.2 Å². The third-order valence-corrected chi connectivity index (χ3v) is 3.73. The molecule has 2 aliphatic heterocycles. The molecule has 2 aromatic rings. The molecule has 0 radical (unpaired) electrons. The predicted octanol–water partition coefficient (Wildman–Crippen LogP) is 2.81. The summed E-state index contributed by atoms with van der Waals surface area (Å²) in [5.74, 6) is -2.12. The molecule has 0 bridgehead atoms. The highest BCUT2D eigenvalue weighted by Crippen LogP contribution is 2.41. The van der Waals surface area contributed by atoms with Crippen LogP contribution in [0.1, 0.15) is 36.6 Å². The summed E-state index contributed by atoms with van der Waals surface area (Å²) in [4.78, 5) is 36.0. The first kappa shape index (κ1) is 12.5. The van der Waals surface area contributed by atoms with E-state index in [0.717, 1.165) is 5.56 Å². The lowest BCUT2D eigenvalue weighted by molar-refractivity contribution is 0.0440. The number of hydrogen-bond acceptors (Lipinski definition) is 5. The quantitative estimate of drug-likeness (QED) is 0.597. The normalized spacial score (nSPS) is 15.5. The minimum Gasteiger partial charge on any atom is -0.423 e. The summed E-state index contributed by atoms with van der Waals surface area (Å²) >= 11 is 0. The molecule has 0 amide bonds. The molecule has 0 spiro atoms. The van der Waals surface area contributed by atoms with Gasteiger partial charge in [-0.05, 0) is 17.2 Å². The fourth-order valence-electron chi connectivity index (χ4n) is 2.78. The molecule has 22 heavy (non-hydrogen) atoms. The van der Waals surface area contributed by atoms with Crippen LogP contribution in [0.4, 0.5) is 0 Å². The largest absolute Gasteiger partial charge is 0.423 e. The van der Waals surface area contributed by atoms with Crippen molar-refractivity contribution in [1.82, 2.24) is 0 Å². The summed E-state index contributed by atoms with van der Waals surface area (Å²) in [6, 6.07) is 10.7. The van der Waals surface area contributed by atoms with Gasteiger partial charge in [-0.3, -0.25) is 0 Å². The number of ether oxygens (including phenoxy) is 2. The Bertz CT molecular complexity index is 893. The Morgan fingerprint density at radius 1 is 0.727 bits per heavy atom. The Kier molecular flexibility index (Phi) is 2.36. The minimum absolute atomic E-state index is 0.0370. The lowest BCUT2D eigenvalue weighted by Gasteiger charge is -2.08. The third-order valence-electron chi connectivity index (χ3n) is 3.73. The number of hydrogen-bond donors (Lipinski definition) is 0. The summed E-state index contributed by atoms with van der Waals surface area (Å²) in [6.45, 7) is 3.67. The Labute approximate surface area is 124 Å². The molecule has 2 heterocycles. The average molecular weight is 292 g/mol. The highest BCUT2D eigenvalue weighted by atomic mass is 16.6. The van der Waals surface area contributed by atoms with Gasteiger partial charge < -0.3 is 9.47 Å². The van der Waals surface area contributed by atoms with Crippen molar-refractivity contribution < 1.29 is 23.9 Å². The standard InChI is InChI=1S/C17H8O5/c1-8-10-7-11(9-5-3-2-4-6-9)13-14(12(10)15(18)21-8)17(20)22-16(13)19/h2-7H,1H2. The monoisotopic (exact) mass is 292 g/mol. The first-order chi connectivity index (χ1) is 10.6. The van der Waals surface area contributed by atoms with Gasteiger partial charge in [0.05, 0.1) is 16.7 Å². The summed E-state index contributed by atoms with van der Waals surface area (Å²) in [5, 5.41) is 0. The van der Waals surface area contributed by atoms with Gasteiger partial charge in [-0.2, -0.15) is 0 Å². The molecule has 0 aromatic heterocycles. The van der Waals surface area contributed by atoms with E-state index in [0.29, 0.717) is 11.1 Å². The van der Waals surface area contributed by atoms with E-state index in [2.05, 4.69) is 11.3 Å². The Morgan fingerprint density at radius 3 is 2.05 bits per heavy atom. The molecule has 2 aliphatic rings. The van der Waals surface area contributed by atoms with Gasteiger partial charge in [0.1, 0.15) is 5.76 Å². The molecule has 0 atom stereocenters. The molecular formula is C17H8O5. The van der Waals surface area contributed by atoms with Gasteiger partial charge in [0.15, 0.2) is 0 Å². The van der Waals surface area contributed by atoms with E-state index >= 15 is 0 Å². The maximum atomic E-state index is 12.0. The van der Waals surface area contributed by atoms with Gasteiger partial charge >= 0.3 is 17.9 Å². The highest BCUT2D eigenvalue weighted by Gasteiger charge is 2.42. The van der Waals surface area contributed by atoms with Crippen molar-refractivity contribution in [1.29, 1.82) is 0 Å². The van der Waals surface area contributed by atoms with Gasteiger partial charge in [-0.25, -0.2) is 14.4 Å². The number of cyclic esters (lactones) is 3. The molecule has 0 fully saturated rings. The van der Waals surface area contributed by atoms with E-state index in [9.17, 15) is 14.4 Å². The Balaban J connectivity index is 2.13. The van der Waals surface area contributed by atoms with E-state index in [-0.39, 0.29) is 22.4 Å². The van der Waals surface area contributed by atoms with Crippen molar-refractivity contribution in [2.24, 2.45) is 0 Å². The maximum absolute atomic E-state index is 12.0. The first-order valence-corrected chi connectivity index (χ1v) is 6.52. The maximum Gasteiger partial charge on any atom is 0.347 e. The van der Waals surface area contributed by atoms with Crippen LogP contribution in [0.25, 0.3) is 16.9 Å². The van der Waals surface area contributed by atoms with Gasteiger partial charge in [-0.1, -0.05) is 36.9 Å². The van der Waals surface area contributed by atoms with Crippen LogP contribution in [0.15, 0.2) is 43.0 Å². The van der Waals surface area contributed by atoms with Crippen LogP contribution in [0.2, 0.25) is 0 Å². The number of rotatable bonds is 1. The molecule has 0 aliphatic carbocycles. The summed E-state index contributed by atoms with van der Waals surface area (Å²) in [7, 11) is 0. The van der Waals surface area contributed by atoms with Crippen molar-refractivity contribution in [3.8, 4) is 11.1 Å². The molecular weight excluding hydrogens is 284 g/mol. The van der Waals surface area contributed by atoms with Gasteiger partial charge in [-0.15, -0.1) is 0 Å². The molecule has 0 unspecified atom stereocenters. The molecule has 4 rings (SSSR count). The molecule has 0 N–H and O–H groups in total. The molecule has 5 heteroatoms. The zero-order valence-corrected chi connectivity index (χ0v) is 11.2. The average Bonchev–Trinajstić information content (AvgIpc) is 2.96. The summed E-state index contributed by atoms with van der Waals surface area (Å²) < 4.78 is 9.67. The number of benzene rings is 2. The molecule has 0 saturated carbocycles. The zero-order valence-electron chi connectivity index (χ0n) is 11.2. The van der Waals surface area contributed by atoms with Crippen LogP contribution < -0.4 is 0 Å². The number of carbonyl (C=O) groups excluding carboxylic acids is 3. The summed E-state index contributed by atoms with van der Waals surface area (Å²) in [6.07, 6.45) is 0. The second-order valence-corrected chi connectivity index (χ2v) is 4.95. The number of esters is 3. The predicted molar refractivity (Wildman–Crippen MR) is 76.1 cm³/mol. The minimum atomic E-state index is -0.833. The van der Waals surface area contributed by atoms with Gasteiger partial charge in [0, 0.05) is 5.56 Å².